The van der Waals surface area contributed by atoms with Crippen LogP contribution >= 0.6 is 11.6 Å². The van der Waals surface area contributed by atoms with Crippen molar-refractivity contribution in [3.63, 3.8) is 0 Å². The number of hydrogen-bond donors (Lipinski definition) is 3. The van der Waals surface area contributed by atoms with Gasteiger partial charge in [-0.15, -0.1) is 0 Å². The molecule has 2 heterocycles. The van der Waals surface area contributed by atoms with Crippen LogP contribution in [-0.4, -0.2) is 24.4 Å². The number of methoxy groups -OCH3 is 1. The van der Waals surface area contributed by atoms with E-state index in [1.807, 2.05) is 18.2 Å². The van der Waals surface area contributed by atoms with E-state index < -0.39 is 12.4 Å². The summed E-state index contributed by atoms with van der Waals surface area (Å²) >= 11 is 6.02. The average Bonchev–Trinajstić information content (AvgIpc) is 2.61. The Morgan fingerprint density at radius 1 is 1.32 bits per heavy atom. The lowest BCUT2D eigenvalue weighted by atomic mass is 9.90. The Bertz CT molecular complexity index is 842. The Balaban J connectivity index is 1.66. The number of benzene rings is 2. The van der Waals surface area contributed by atoms with Gasteiger partial charge in [-0.25, -0.2) is 0 Å². The van der Waals surface area contributed by atoms with E-state index >= 15 is 0 Å². The van der Waals surface area contributed by atoms with Gasteiger partial charge in [0.15, 0.2) is 17.7 Å². The molecule has 25 heavy (non-hydrogen) atoms. The number of ether oxygens (including phenoxy) is 2. The van der Waals surface area contributed by atoms with Gasteiger partial charge in [0, 0.05) is 10.6 Å². The highest BCUT2D eigenvalue weighted by atomic mass is 35.5. The Morgan fingerprint density at radius 3 is 2.96 bits per heavy atom. The van der Waals surface area contributed by atoms with Gasteiger partial charge in [-0.05, 0) is 36.2 Å². The second-order valence-corrected chi connectivity index (χ2v) is 6.55. The molecule has 0 spiro atoms. The van der Waals surface area contributed by atoms with Gasteiger partial charge in [-0.1, -0.05) is 23.7 Å². The number of halogens is 1. The summed E-state index contributed by atoms with van der Waals surface area (Å²) in [6.07, 6.45) is -0.575. The standard InChI is InChI=1S/C18H17ClN2O4/c1-24-14-4-2-3-9-7-12-17(23)20-16(21-18(12)25-15(9)14)11-8-10(19)5-6-13(11)22/h2-6,8,12,16,18,21-22H,7H2,1H3,(H,20,23). The highest BCUT2D eigenvalue weighted by Crippen LogP contribution is 2.40. The van der Waals surface area contributed by atoms with E-state index in [9.17, 15) is 9.90 Å². The number of hydrogen-bond acceptors (Lipinski definition) is 5. The van der Waals surface area contributed by atoms with Crippen LogP contribution in [-0.2, 0) is 11.2 Å². The Kier molecular flexibility index (Phi) is 3.94. The lowest BCUT2D eigenvalue weighted by Gasteiger charge is -2.41. The third-order valence-electron chi connectivity index (χ3n) is 4.59. The predicted octanol–water partition coefficient (Wildman–Crippen LogP) is 2.35. The molecule has 0 aromatic heterocycles. The summed E-state index contributed by atoms with van der Waals surface area (Å²) in [6.45, 7) is 0. The van der Waals surface area contributed by atoms with Gasteiger partial charge < -0.3 is 19.9 Å². The van der Waals surface area contributed by atoms with Gasteiger partial charge in [0.25, 0.3) is 0 Å². The molecule has 2 aliphatic rings. The maximum absolute atomic E-state index is 12.6. The average molecular weight is 361 g/mol. The van der Waals surface area contributed by atoms with Crippen molar-refractivity contribution in [2.45, 2.75) is 18.8 Å². The third-order valence-corrected chi connectivity index (χ3v) is 4.82. The van der Waals surface area contributed by atoms with Gasteiger partial charge >= 0.3 is 0 Å². The normalized spacial score (nSPS) is 24.6. The van der Waals surface area contributed by atoms with E-state index in [0.717, 1.165) is 5.56 Å². The molecule has 2 aromatic rings. The maximum atomic E-state index is 12.6. The van der Waals surface area contributed by atoms with Gasteiger partial charge in [-0.2, -0.15) is 0 Å². The summed E-state index contributed by atoms with van der Waals surface area (Å²) in [7, 11) is 1.58. The molecule has 1 saturated heterocycles. The van der Waals surface area contributed by atoms with Gasteiger partial charge in [0.05, 0.1) is 13.0 Å². The zero-order valence-electron chi connectivity index (χ0n) is 13.5. The molecular weight excluding hydrogens is 344 g/mol. The molecule has 0 saturated carbocycles. The number of nitrogens with one attached hydrogen (secondary N) is 2. The van der Waals surface area contributed by atoms with E-state index in [1.165, 1.54) is 6.07 Å². The summed E-state index contributed by atoms with van der Waals surface area (Å²) in [4.78, 5) is 12.6. The van der Waals surface area contributed by atoms with E-state index in [-0.39, 0.29) is 17.6 Å². The molecule has 1 amide bonds. The van der Waals surface area contributed by atoms with E-state index in [2.05, 4.69) is 10.6 Å². The number of phenols is 1. The molecule has 6 nitrogen and oxygen atoms in total. The highest BCUT2D eigenvalue weighted by molar-refractivity contribution is 6.30. The van der Waals surface area contributed by atoms with Gasteiger partial charge in [-0.3, -0.25) is 10.1 Å². The number of carbonyl (C=O) groups excluding carboxylic acids is 1. The van der Waals surface area contributed by atoms with Crippen LogP contribution in [0.5, 0.6) is 17.2 Å². The molecular formula is C18H17ClN2O4. The molecule has 0 radical (unpaired) electrons. The van der Waals surface area contributed by atoms with E-state index in [0.29, 0.717) is 28.5 Å². The van der Waals surface area contributed by atoms with Crippen molar-refractivity contribution in [2.24, 2.45) is 5.92 Å². The summed E-state index contributed by atoms with van der Waals surface area (Å²) in [5, 5.41) is 16.7. The van der Waals surface area contributed by atoms with Crippen molar-refractivity contribution in [3.8, 4) is 17.2 Å². The number of aromatic hydroxyl groups is 1. The van der Waals surface area contributed by atoms with Crippen LogP contribution in [0.15, 0.2) is 36.4 Å². The Labute approximate surface area is 149 Å². The molecule has 3 N–H and O–H groups in total. The van der Waals surface area contributed by atoms with E-state index in [1.54, 1.807) is 19.2 Å². The maximum Gasteiger partial charge on any atom is 0.230 e. The fraction of sp³-hybridized carbons (Fsp3) is 0.278. The van der Waals surface area contributed by atoms with Crippen LogP contribution in [0.1, 0.15) is 17.3 Å². The highest BCUT2D eigenvalue weighted by Gasteiger charge is 2.42. The number of para-hydroxylation sites is 1. The summed E-state index contributed by atoms with van der Waals surface area (Å²) in [6, 6.07) is 10.3. The van der Waals surface area contributed by atoms with Crippen molar-refractivity contribution in [1.82, 2.24) is 10.6 Å². The quantitative estimate of drug-likeness (QED) is 0.766. The number of amides is 1. The zero-order valence-corrected chi connectivity index (χ0v) is 14.2. The molecule has 2 aliphatic heterocycles. The molecule has 7 heteroatoms. The number of rotatable bonds is 2. The van der Waals surface area contributed by atoms with Crippen LogP contribution in [0.2, 0.25) is 5.02 Å². The fourth-order valence-electron chi connectivity index (χ4n) is 3.33. The van der Waals surface area contributed by atoms with Crippen molar-refractivity contribution >= 4 is 17.5 Å². The van der Waals surface area contributed by atoms with Crippen LogP contribution in [0.4, 0.5) is 0 Å². The third kappa shape index (κ3) is 2.77. The fourth-order valence-corrected chi connectivity index (χ4v) is 3.51. The Morgan fingerprint density at radius 2 is 2.16 bits per heavy atom. The van der Waals surface area contributed by atoms with Crippen LogP contribution < -0.4 is 20.1 Å². The first-order valence-corrected chi connectivity index (χ1v) is 8.32. The van der Waals surface area contributed by atoms with Crippen molar-refractivity contribution < 1.29 is 19.4 Å². The molecule has 0 aliphatic carbocycles. The lowest BCUT2D eigenvalue weighted by Crippen LogP contribution is -2.60. The summed E-state index contributed by atoms with van der Waals surface area (Å²) < 4.78 is 11.4. The van der Waals surface area contributed by atoms with Gasteiger partial charge in [0.2, 0.25) is 5.91 Å². The minimum Gasteiger partial charge on any atom is -0.508 e. The lowest BCUT2D eigenvalue weighted by molar-refractivity contribution is -0.135. The molecule has 130 valence electrons. The van der Waals surface area contributed by atoms with Crippen LogP contribution in [0, 0.1) is 5.92 Å². The molecule has 4 rings (SSSR count). The van der Waals surface area contributed by atoms with Crippen LogP contribution in [0.3, 0.4) is 0 Å². The van der Waals surface area contributed by atoms with Crippen molar-refractivity contribution in [1.29, 1.82) is 0 Å². The first-order chi connectivity index (χ1) is 12.1. The SMILES string of the molecule is COc1cccc2c1OC1NC(c3cc(Cl)ccc3O)NC(=O)C1C2. The zero-order chi connectivity index (χ0) is 17.6. The number of carbonyl (C=O) groups is 1. The van der Waals surface area contributed by atoms with Crippen molar-refractivity contribution in [3.05, 3.63) is 52.5 Å². The van der Waals surface area contributed by atoms with Gasteiger partial charge in [0.1, 0.15) is 11.9 Å². The molecule has 2 aromatic carbocycles. The topological polar surface area (TPSA) is 79.8 Å². The monoisotopic (exact) mass is 360 g/mol. The number of phenolic OH excluding ortho intramolecular Hbond substituents is 1. The molecule has 0 bridgehead atoms. The molecule has 1 fully saturated rings. The van der Waals surface area contributed by atoms with Crippen LogP contribution in [0.25, 0.3) is 0 Å². The minimum absolute atomic E-state index is 0.0504. The second kappa shape index (κ2) is 6.13. The smallest absolute Gasteiger partial charge is 0.230 e. The molecule has 3 atom stereocenters. The largest absolute Gasteiger partial charge is 0.508 e. The van der Waals surface area contributed by atoms with Crippen molar-refractivity contribution in [2.75, 3.05) is 7.11 Å². The Hall–Kier alpha value is -2.44. The summed E-state index contributed by atoms with van der Waals surface area (Å²) in [5.74, 6) is 0.821. The van der Waals surface area contributed by atoms with E-state index in [4.69, 9.17) is 21.1 Å². The minimum atomic E-state index is -0.594. The summed E-state index contributed by atoms with van der Waals surface area (Å²) in [5.41, 5.74) is 1.43. The number of fused-ring (bicyclic) bond motifs is 2. The molecule has 3 unspecified atom stereocenters. The first-order valence-electron chi connectivity index (χ1n) is 7.94. The second-order valence-electron chi connectivity index (χ2n) is 6.11. The predicted molar refractivity (Wildman–Crippen MR) is 91.7 cm³/mol. The first kappa shape index (κ1) is 16.1.